The van der Waals surface area contributed by atoms with Gasteiger partial charge in [-0.2, -0.15) is 5.10 Å². The van der Waals surface area contributed by atoms with E-state index in [-0.39, 0.29) is 0 Å². The second-order valence-corrected chi connectivity index (χ2v) is 7.07. The lowest BCUT2D eigenvalue weighted by Gasteiger charge is -2.12. The number of anilines is 2. The van der Waals surface area contributed by atoms with Crippen LogP contribution in [0.25, 0.3) is 0 Å². The molecule has 1 heterocycles. The lowest BCUT2D eigenvalue weighted by Crippen LogP contribution is -2.19. The first-order valence-corrected chi connectivity index (χ1v) is 9.22. The van der Waals surface area contributed by atoms with Crippen LogP contribution in [0.5, 0.6) is 0 Å². The summed E-state index contributed by atoms with van der Waals surface area (Å²) in [6.45, 7) is 4.41. The summed E-state index contributed by atoms with van der Waals surface area (Å²) >= 11 is 18.0. The minimum absolute atomic E-state index is 0.492. The molecule has 26 heavy (non-hydrogen) atoms. The topological polar surface area (TPSA) is 41.9 Å². The SMILES string of the molecule is Cc1nn(Cc2c(Cl)cccc2Cl)c(C)c1NC(=S)Nc1ccccc1. The maximum Gasteiger partial charge on any atom is 0.175 e. The van der Waals surface area contributed by atoms with Gasteiger partial charge < -0.3 is 10.6 Å². The summed E-state index contributed by atoms with van der Waals surface area (Å²) in [6, 6.07) is 15.3. The van der Waals surface area contributed by atoms with Gasteiger partial charge in [-0.1, -0.05) is 47.5 Å². The number of halogens is 2. The number of para-hydroxylation sites is 1. The molecular weight excluding hydrogens is 387 g/mol. The molecule has 2 N–H and O–H groups in total. The van der Waals surface area contributed by atoms with E-state index >= 15 is 0 Å². The smallest absolute Gasteiger partial charge is 0.175 e. The zero-order chi connectivity index (χ0) is 18.7. The first-order chi connectivity index (χ1) is 12.5. The maximum atomic E-state index is 6.28. The fourth-order valence-electron chi connectivity index (χ4n) is 2.66. The zero-order valence-electron chi connectivity index (χ0n) is 14.4. The fourth-order valence-corrected chi connectivity index (χ4v) is 3.40. The molecule has 2 aromatic carbocycles. The third-order valence-corrected chi connectivity index (χ3v) is 4.93. The molecule has 134 valence electrons. The molecule has 0 amide bonds. The van der Waals surface area contributed by atoms with Crippen molar-refractivity contribution < 1.29 is 0 Å². The van der Waals surface area contributed by atoms with Gasteiger partial charge in [0.2, 0.25) is 0 Å². The molecule has 0 aliphatic heterocycles. The summed E-state index contributed by atoms with van der Waals surface area (Å²) < 4.78 is 1.87. The third kappa shape index (κ3) is 4.18. The Morgan fingerprint density at radius 2 is 1.65 bits per heavy atom. The van der Waals surface area contributed by atoms with Gasteiger partial charge in [-0.15, -0.1) is 0 Å². The molecule has 1 aromatic heterocycles. The third-order valence-electron chi connectivity index (χ3n) is 4.02. The largest absolute Gasteiger partial charge is 0.332 e. The molecule has 3 rings (SSSR count). The Kier molecular flexibility index (Phi) is 5.81. The highest BCUT2D eigenvalue weighted by atomic mass is 35.5. The number of benzene rings is 2. The minimum atomic E-state index is 0.492. The van der Waals surface area contributed by atoms with E-state index in [1.165, 1.54) is 0 Å². The van der Waals surface area contributed by atoms with E-state index in [0.717, 1.165) is 28.3 Å². The Bertz CT molecular complexity index is 918. The van der Waals surface area contributed by atoms with Crippen molar-refractivity contribution in [1.29, 1.82) is 0 Å². The van der Waals surface area contributed by atoms with E-state index in [1.54, 1.807) is 0 Å². The summed E-state index contributed by atoms with van der Waals surface area (Å²) in [5.74, 6) is 0. The van der Waals surface area contributed by atoms with Gasteiger partial charge in [0.25, 0.3) is 0 Å². The highest BCUT2D eigenvalue weighted by molar-refractivity contribution is 7.80. The summed E-state index contributed by atoms with van der Waals surface area (Å²) in [4.78, 5) is 0. The number of aromatic nitrogens is 2. The van der Waals surface area contributed by atoms with Crippen molar-refractivity contribution in [3.8, 4) is 0 Å². The van der Waals surface area contributed by atoms with Crippen LogP contribution in [0.4, 0.5) is 11.4 Å². The first kappa shape index (κ1) is 18.7. The van der Waals surface area contributed by atoms with Crippen molar-refractivity contribution in [2.24, 2.45) is 0 Å². The van der Waals surface area contributed by atoms with Gasteiger partial charge >= 0.3 is 0 Å². The molecule has 0 radical (unpaired) electrons. The average molecular weight is 405 g/mol. The molecule has 0 saturated heterocycles. The van der Waals surface area contributed by atoms with Crippen molar-refractivity contribution >= 4 is 51.9 Å². The highest BCUT2D eigenvalue weighted by Gasteiger charge is 2.15. The van der Waals surface area contributed by atoms with Crippen molar-refractivity contribution in [2.75, 3.05) is 10.6 Å². The number of rotatable bonds is 4. The predicted molar refractivity (Wildman–Crippen MR) is 114 cm³/mol. The van der Waals surface area contributed by atoms with Gasteiger partial charge in [0.15, 0.2) is 5.11 Å². The number of thiocarbonyl (C=S) groups is 1. The quantitative estimate of drug-likeness (QED) is 0.550. The molecule has 0 fully saturated rings. The van der Waals surface area contributed by atoms with E-state index in [1.807, 2.05) is 67.1 Å². The lowest BCUT2D eigenvalue weighted by atomic mass is 10.2. The van der Waals surface area contributed by atoms with Gasteiger partial charge in [0, 0.05) is 21.3 Å². The Hall–Kier alpha value is -2.08. The molecular formula is C19H18Cl2N4S. The van der Waals surface area contributed by atoms with Crippen LogP contribution in [0.15, 0.2) is 48.5 Å². The summed E-state index contributed by atoms with van der Waals surface area (Å²) in [5, 5.41) is 12.8. The van der Waals surface area contributed by atoms with Gasteiger partial charge in [-0.25, -0.2) is 0 Å². The summed E-state index contributed by atoms with van der Waals surface area (Å²) in [7, 11) is 0. The number of nitrogens with zero attached hydrogens (tertiary/aromatic N) is 2. The lowest BCUT2D eigenvalue weighted by molar-refractivity contribution is 0.659. The predicted octanol–water partition coefficient (Wildman–Crippen LogP) is 5.66. The normalized spacial score (nSPS) is 10.6. The molecule has 0 aliphatic rings. The average Bonchev–Trinajstić information content (AvgIpc) is 2.86. The second-order valence-electron chi connectivity index (χ2n) is 5.85. The minimum Gasteiger partial charge on any atom is -0.332 e. The number of hydrogen-bond donors (Lipinski definition) is 2. The number of nitrogens with one attached hydrogen (secondary N) is 2. The highest BCUT2D eigenvalue weighted by Crippen LogP contribution is 2.27. The van der Waals surface area contributed by atoms with E-state index in [9.17, 15) is 0 Å². The Morgan fingerprint density at radius 1 is 1.00 bits per heavy atom. The Balaban J connectivity index is 1.79. The van der Waals surface area contributed by atoms with Crippen LogP contribution in [0, 0.1) is 13.8 Å². The van der Waals surface area contributed by atoms with Crippen molar-refractivity contribution in [3.05, 3.63) is 75.5 Å². The monoisotopic (exact) mass is 404 g/mol. The molecule has 0 atom stereocenters. The van der Waals surface area contributed by atoms with E-state index in [2.05, 4.69) is 15.7 Å². The number of aryl methyl sites for hydroxylation is 1. The van der Waals surface area contributed by atoms with Gasteiger partial charge in [-0.3, -0.25) is 4.68 Å². The maximum absolute atomic E-state index is 6.28. The van der Waals surface area contributed by atoms with E-state index in [4.69, 9.17) is 35.4 Å². The molecule has 4 nitrogen and oxygen atoms in total. The Labute approximate surface area is 168 Å². The number of hydrogen-bond acceptors (Lipinski definition) is 2. The van der Waals surface area contributed by atoms with Gasteiger partial charge in [0.05, 0.1) is 23.6 Å². The van der Waals surface area contributed by atoms with Gasteiger partial charge in [-0.05, 0) is 50.3 Å². The van der Waals surface area contributed by atoms with Crippen molar-refractivity contribution in [2.45, 2.75) is 20.4 Å². The molecule has 0 unspecified atom stereocenters. The van der Waals surface area contributed by atoms with E-state index < -0.39 is 0 Å². The van der Waals surface area contributed by atoms with Crippen LogP contribution in [0.2, 0.25) is 10.0 Å². The van der Waals surface area contributed by atoms with Crippen molar-refractivity contribution in [3.63, 3.8) is 0 Å². The van der Waals surface area contributed by atoms with E-state index in [0.29, 0.717) is 21.7 Å². The van der Waals surface area contributed by atoms with Crippen molar-refractivity contribution in [1.82, 2.24) is 9.78 Å². The van der Waals surface area contributed by atoms with Gasteiger partial charge in [0.1, 0.15) is 0 Å². The van der Waals surface area contributed by atoms with Crippen LogP contribution in [-0.4, -0.2) is 14.9 Å². The molecule has 0 bridgehead atoms. The molecule has 0 spiro atoms. The second kappa shape index (κ2) is 8.08. The van der Waals surface area contributed by atoms with Crippen LogP contribution in [-0.2, 0) is 6.54 Å². The molecule has 0 aliphatic carbocycles. The molecule has 3 aromatic rings. The van der Waals surface area contributed by atoms with Crippen LogP contribution in [0.3, 0.4) is 0 Å². The van der Waals surface area contributed by atoms with Crippen LogP contribution in [0.1, 0.15) is 17.0 Å². The Morgan fingerprint density at radius 3 is 2.31 bits per heavy atom. The first-order valence-electron chi connectivity index (χ1n) is 8.05. The molecule has 7 heteroatoms. The molecule has 0 saturated carbocycles. The summed E-state index contributed by atoms with van der Waals surface area (Å²) in [5.41, 5.74) is 4.45. The standard InChI is InChI=1S/C19H18Cl2N4S/c1-12-18(23-19(26)22-14-7-4-3-5-8-14)13(2)25(24-12)11-15-16(20)9-6-10-17(15)21/h3-10H,11H2,1-2H3,(H2,22,23,26). The summed E-state index contributed by atoms with van der Waals surface area (Å²) in [6.07, 6.45) is 0. The zero-order valence-corrected chi connectivity index (χ0v) is 16.7. The van der Waals surface area contributed by atoms with Crippen LogP contribution < -0.4 is 10.6 Å². The fraction of sp³-hybridized carbons (Fsp3) is 0.158. The van der Waals surface area contributed by atoms with Crippen LogP contribution >= 0.6 is 35.4 Å².